The van der Waals surface area contributed by atoms with Gasteiger partial charge in [0.2, 0.25) is 5.82 Å². The highest BCUT2D eigenvalue weighted by molar-refractivity contribution is 5.97. The molecule has 0 spiro atoms. The molecule has 10 heteroatoms. The topological polar surface area (TPSA) is 117 Å². The number of hydrogen-bond acceptors (Lipinski definition) is 7. The minimum Gasteiger partial charge on any atom is -0.493 e. The zero-order valence-corrected chi connectivity index (χ0v) is 17.5. The molecule has 0 saturated carbocycles. The van der Waals surface area contributed by atoms with Crippen molar-refractivity contribution >= 4 is 23.3 Å². The van der Waals surface area contributed by atoms with E-state index in [0.29, 0.717) is 24.0 Å². The summed E-state index contributed by atoms with van der Waals surface area (Å²) in [5, 5.41) is 13.2. The standard InChI is InChI=1S/C21H23FN2O7/c1-12(2)11-30-18-8-5-14(9-19(18)29-4)21(26)31-13(3)20(25)23-15-6-7-16(22)17(10-15)24(27)28/h5-10,12-13H,11H2,1-4H3,(H,23,25). The summed E-state index contributed by atoms with van der Waals surface area (Å²) < 4.78 is 29.4. The van der Waals surface area contributed by atoms with Crippen LogP contribution in [0.3, 0.4) is 0 Å². The Hall–Kier alpha value is -3.69. The second-order valence-corrected chi connectivity index (χ2v) is 7.03. The lowest BCUT2D eigenvalue weighted by Crippen LogP contribution is -2.30. The molecule has 0 bridgehead atoms. The minimum atomic E-state index is -1.22. The lowest BCUT2D eigenvalue weighted by Gasteiger charge is -2.15. The van der Waals surface area contributed by atoms with Crippen LogP contribution in [0.25, 0.3) is 0 Å². The number of benzene rings is 2. The molecule has 166 valence electrons. The van der Waals surface area contributed by atoms with E-state index in [2.05, 4.69) is 5.32 Å². The molecule has 1 amide bonds. The van der Waals surface area contributed by atoms with Crippen LogP contribution in [-0.4, -0.2) is 36.6 Å². The third kappa shape index (κ3) is 6.39. The number of rotatable bonds is 9. The number of nitrogens with one attached hydrogen (secondary N) is 1. The van der Waals surface area contributed by atoms with Gasteiger partial charge >= 0.3 is 11.7 Å². The van der Waals surface area contributed by atoms with Gasteiger partial charge in [0.1, 0.15) is 0 Å². The third-order valence-corrected chi connectivity index (χ3v) is 4.03. The van der Waals surface area contributed by atoms with Gasteiger partial charge in [-0.05, 0) is 43.2 Å². The number of hydrogen-bond donors (Lipinski definition) is 1. The maximum absolute atomic E-state index is 13.4. The highest BCUT2D eigenvalue weighted by Crippen LogP contribution is 2.29. The van der Waals surface area contributed by atoms with Crippen molar-refractivity contribution in [1.82, 2.24) is 0 Å². The monoisotopic (exact) mass is 434 g/mol. The number of nitrogens with zero attached hydrogens (tertiary/aromatic N) is 1. The van der Waals surface area contributed by atoms with Crippen molar-refractivity contribution in [3.63, 3.8) is 0 Å². The van der Waals surface area contributed by atoms with Crippen LogP contribution < -0.4 is 14.8 Å². The Morgan fingerprint density at radius 1 is 1.13 bits per heavy atom. The largest absolute Gasteiger partial charge is 0.493 e. The van der Waals surface area contributed by atoms with Gasteiger partial charge in [0.25, 0.3) is 5.91 Å². The summed E-state index contributed by atoms with van der Waals surface area (Å²) in [5.74, 6) is -1.43. The first-order valence-electron chi connectivity index (χ1n) is 9.39. The number of amides is 1. The van der Waals surface area contributed by atoms with Crippen molar-refractivity contribution in [1.29, 1.82) is 0 Å². The van der Waals surface area contributed by atoms with Crippen LogP contribution in [0.15, 0.2) is 36.4 Å². The number of carbonyl (C=O) groups excluding carboxylic acids is 2. The Morgan fingerprint density at radius 2 is 1.84 bits per heavy atom. The second kappa shape index (κ2) is 10.4. The molecule has 0 aliphatic rings. The zero-order valence-electron chi connectivity index (χ0n) is 17.5. The molecule has 1 atom stereocenters. The summed E-state index contributed by atoms with van der Waals surface area (Å²) in [7, 11) is 1.44. The molecule has 0 fully saturated rings. The molecule has 9 nitrogen and oxygen atoms in total. The van der Waals surface area contributed by atoms with Gasteiger partial charge in [0.05, 0.1) is 24.2 Å². The van der Waals surface area contributed by atoms with Crippen molar-refractivity contribution in [3.8, 4) is 11.5 Å². The van der Waals surface area contributed by atoms with E-state index in [0.717, 1.165) is 18.2 Å². The summed E-state index contributed by atoms with van der Waals surface area (Å²) in [6.45, 7) is 5.80. The molecule has 0 heterocycles. The van der Waals surface area contributed by atoms with Gasteiger partial charge in [0, 0.05) is 11.8 Å². The summed E-state index contributed by atoms with van der Waals surface area (Å²) in [5.41, 5.74) is -0.644. The normalized spacial score (nSPS) is 11.5. The van der Waals surface area contributed by atoms with Gasteiger partial charge in [-0.3, -0.25) is 14.9 Å². The molecule has 2 rings (SSSR count). The van der Waals surface area contributed by atoms with E-state index in [9.17, 15) is 24.1 Å². The third-order valence-electron chi connectivity index (χ3n) is 4.03. The van der Waals surface area contributed by atoms with Crippen LogP contribution in [0.1, 0.15) is 31.1 Å². The smallest absolute Gasteiger partial charge is 0.339 e. The van der Waals surface area contributed by atoms with E-state index in [1.807, 2.05) is 13.8 Å². The van der Waals surface area contributed by atoms with Crippen LogP contribution >= 0.6 is 0 Å². The fourth-order valence-electron chi connectivity index (χ4n) is 2.43. The van der Waals surface area contributed by atoms with Gasteiger partial charge in [-0.2, -0.15) is 4.39 Å². The fourth-order valence-corrected chi connectivity index (χ4v) is 2.43. The first kappa shape index (κ1) is 23.6. The number of nitro groups is 1. The van der Waals surface area contributed by atoms with E-state index in [1.165, 1.54) is 26.2 Å². The minimum absolute atomic E-state index is 0.00526. The Bertz CT molecular complexity index is 978. The SMILES string of the molecule is COc1cc(C(=O)OC(C)C(=O)Nc2ccc(F)c([N+](=O)[O-])c2)ccc1OCC(C)C. The average molecular weight is 434 g/mol. The molecular weight excluding hydrogens is 411 g/mol. The molecule has 0 radical (unpaired) electrons. The fraction of sp³-hybridized carbons (Fsp3) is 0.333. The van der Waals surface area contributed by atoms with Gasteiger partial charge in [-0.25, -0.2) is 4.79 Å². The number of ether oxygens (including phenoxy) is 3. The number of anilines is 1. The quantitative estimate of drug-likeness (QED) is 0.361. The highest BCUT2D eigenvalue weighted by atomic mass is 19.1. The number of nitro benzene ring substituents is 1. The Morgan fingerprint density at radius 3 is 2.45 bits per heavy atom. The molecule has 31 heavy (non-hydrogen) atoms. The van der Waals surface area contributed by atoms with Crippen molar-refractivity contribution in [2.45, 2.75) is 26.9 Å². The molecule has 0 aliphatic heterocycles. The highest BCUT2D eigenvalue weighted by Gasteiger charge is 2.22. The Kier molecular flexibility index (Phi) is 7.89. The first-order valence-corrected chi connectivity index (χ1v) is 9.39. The maximum atomic E-state index is 13.4. The number of carbonyl (C=O) groups is 2. The van der Waals surface area contributed by atoms with Crippen molar-refractivity contribution in [2.24, 2.45) is 5.92 Å². The summed E-state index contributed by atoms with van der Waals surface area (Å²) >= 11 is 0. The number of esters is 1. The van der Waals surface area contributed by atoms with Crippen LogP contribution in [0.5, 0.6) is 11.5 Å². The number of methoxy groups -OCH3 is 1. The van der Waals surface area contributed by atoms with E-state index < -0.39 is 34.4 Å². The van der Waals surface area contributed by atoms with Gasteiger partial charge in [-0.1, -0.05) is 13.8 Å². The lowest BCUT2D eigenvalue weighted by atomic mass is 10.2. The van der Waals surface area contributed by atoms with E-state index in [-0.39, 0.29) is 11.3 Å². The number of halogens is 1. The lowest BCUT2D eigenvalue weighted by molar-refractivity contribution is -0.387. The Balaban J connectivity index is 2.05. The van der Waals surface area contributed by atoms with Crippen LogP contribution in [0.4, 0.5) is 15.8 Å². The second-order valence-electron chi connectivity index (χ2n) is 7.03. The maximum Gasteiger partial charge on any atom is 0.339 e. The predicted octanol–water partition coefficient (Wildman–Crippen LogP) is 3.96. The van der Waals surface area contributed by atoms with Crippen LogP contribution in [-0.2, 0) is 9.53 Å². The molecular formula is C21H23FN2O7. The van der Waals surface area contributed by atoms with Gasteiger partial charge in [-0.15, -0.1) is 0 Å². The first-order chi connectivity index (χ1) is 14.6. The zero-order chi connectivity index (χ0) is 23.1. The molecule has 0 aliphatic carbocycles. The Labute approximate surface area is 178 Å². The van der Waals surface area contributed by atoms with Gasteiger partial charge in [0.15, 0.2) is 17.6 Å². The van der Waals surface area contributed by atoms with Crippen molar-refractivity contribution < 1.29 is 33.1 Å². The van der Waals surface area contributed by atoms with Crippen LogP contribution in [0, 0.1) is 21.8 Å². The summed E-state index contributed by atoms with van der Waals surface area (Å²) in [4.78, 5) is 34.6. The molecule has 1 unspecified atom stereocenters. The molecule has 2 aromatic carbocycles. The summed E-state index contributed by atoms with van der Waals surface area (Å²) in [6, 6.07) is 7.39. The molecule has 0 aromatic heterocycles. The molecule has 1 N–H and O–H groups in total. The van der Waals surface area contributed by atoms with Crippen molar-refractivity contribution in [2.75, 3.05) is 19.0 Å². The van der Waals surface area contributed by atoms with E-state index in [4.69, 9.17) is 14.2 Å². The van der Waals surface area contributed by atoms with E-state index >= 15 is 0 Å². The van der Waals surface area contributed by atoms with Gasteiger partial charge < -0.3 is 19.5 Å². The molecule has 0 saturated heterocycles. The van der Waals surface area contributed by atoms with Crippen LogP contribution in [0.2, 0.25) is 0 Å². The van der Waals surface area contributed by atoms with Crippen molar-refractivity contribution in [3.05, 3.63) is 57.9 Å². The average Bonchev–Trinajstić information content (AvgIpc) is 2.72. The summed E-state index contributed by atoms with van der Waals surface area (Å²) in [6.07, 6.45) is -1.22. The predicted molar refractivity (Wildman–Crippen MR) is 110 cm³/mol. The van der Waals surface area contributed by atoms with E-state index in [1.54, 1.807) is 6.07 Å². The molecule has 2 aromatic rings.